The maximum atomic E-state index is 5.68. The number of nitrogens with zero attached hydrogens (tertiary/aromatic N) is 1. The summed E-state index contributed by atoms with van der Waals surface area (Å²) in [4.78, 5) is 2.45. The van der Waals surface area contributed by atoms with Gasteiger partial charge in [0.2, 0.25) is 0 Å². The predicted molar refractivity (Wildman–Crippen MR) is 80.9 cm³/mol. The summed E-state index contributed by atoms with van der Waals surface area (Å²) in [7, 11) is 0. The van der Waals surface area contributed by atoms with Gasteiger partial charge in [-0.05, 0) is 24.5 Å². The molecule has 1 unspecified atom stereocenters. The molecule has 0 saturated carbocycles. The van der Waals surface area contributed by atoms with Crippen LogP contribution in [0, 0.1) is 5.92 Å². The van der Waals surface area contributed by atoms with Crippen molar-refractivity contribution in [3.63, 3.8) is 0 Å². The molecule has 3 rings (SSSR count). The zero-order valence-corrected chi connectivity index (χ0v) is 12.4. The van der Waals surface area contributed by atoms with Gasteiger partial charge in [0.05, 0.1) is 0 Å². The Kier molecular flexibility index (Phi) is 4.01. The van der Waals surface area contributed by atoms with Gasteiger partial charge in [0.15, 0.2) is 11.5 Å². The van der Waals surface area contributed by atoms with E-state index in [1.807, 2.05) is 6.07 Å². The summed E-state index contributed by atoms with van der Waals surface area (Å²) in [5, 5.41) is 3.61. The smallest absolute Gasteiger partial charge is 0.163 e. The summed E-state index contributed by atoms with van der Waals surface area (Å²) >= 11 is 0. The number of hydrogen-bond donors (Lipinski definition) is 1. The Hall–Kier alpha value is -1.42. The Bertz CT molecular complexity index is 462. The molecule has 0 bridgehead atoms. The minimum absolute atomic E-state index is 0.581. The first-order valence-corrected chi connectivity index (χ1v) is 7.60. The first-order chi connectivity index (χ1) is 9.72. The normalized spacial score (nSPS) is 22.1. The van der Waals surface area contributed by atoms with Crippen molar-refractivity contribution in [3.05, 3.63) is 18.2 Å². The monoisotopic (exact) mass is 276 g/mol. The summed E-state index contributed by atoms with van der Waals surface area (Å²) in [6.45, 7) is 9.03. The van der Waals surface area contributed by atoms with Crippen molar-refractivity contribution in [2.45, 2.75) is 26.3 Å². The Morgan fingerprint density at radius 2 is 2.05 bits per heavy atom. The molecule has 0 spiro atoms. The molecule has 4 nitrogen and oxygen atoms in total. The molecule has 4 heteroatoms. The van der Waals surface area contributed by atoms with Crippen LogP contribution in [-0.4, -0.2) is 38.9 Å². The van der Waals surface area contributed by atoms with Gasteiger partial charge in [-0.15, -0.1) is 0 Å². The number of benzene rings is 1. The van der Waals surface area contributed by atoms with E-state index in [4.69, 9.17) is 9.47 Å². The van der Waals surface area contributed by atoms with Crippen LogP contribution in [0.4, 0.5) is 5.69 Å². The molecule has 2 aliphatic rings. The number of fused-ring (bicyclic) bond motifs is 1. The topological polar surface area (TPSA) is 33.7 Å². The van der Waals surface area contributed by atoms with Crippen LogP contribution in [-0.2, 0) is 0 Å². The largest absolute Gasteiger partial charge is 0.486 e. The maximum Gasteiger partial charge on any atom is 0.163 e. The fourth-order valence-corrected chi connectivity index (χ4v) is 3.02. The minimum atomic E-state index is 0.581. The Morgan fingerprint density at radius 3 is 2.85 bits per heavy atom. The number of anilines is 1. The minimum Gasteiger partial charge on any atom is -0.486 e. The highest BCUT2D eigenvalue weighted by Gasteiger charge is 2.21. The molecule has 110 valence electrons. The van der Waals surface area contributed by atoms with E-state index in [1.54, 1.807) is 0 Å². The van der Waals surface area contributed by atoms with Gasteiger partial charge >= 0.3 is 0 Å². The molecule has 0 aliphatic carbocycles. The lowest BCUT2D eigenvalue weighted by Gasteiger charge is -2.36. The third-order valence-electron chi connectivity index (χ3n) is 3.90. The predicted octanol–water partition coefficient (Wildman–Crippen LogP) is 2.28. The van der Waals surface area contributed by atoms with E-state index in [-0.39, 0.29) is 0 Å². The third-order valence-corrected chi connectivity index (χ3v) is 3.90. The third kappa shape index (κ3) is 3.01. The fraction of sp³-hybridized carbons (Fsp3) is 0.625. The number of rotatable bonds is 3. The van der Waals surface area contributed by atoms with E-state index in [2.05, 4.69) is 36.2 Å². The van der Waals surface area contributed by atoms with Crippen molar-refractivity contribution in [1.82, 2.24) is 5.32 Å². The van der Waals surface area contributed by atoms with Gasteiger partial charge in [-0.1, -0.05) is 13.8 Å². The van der Waals surface area contributed by atoms with Crippen molar-refractivity contribution >= 4 is 5.69 Å². The molecule has 0 radical (unpaired) electrons. The Balaban J connectivity index is 1.71. The molecule has 1 atom stereocenters. The summed E-state index contributed by atoms with van der Waals surface area (Å²) in [6, 6.07) is 6.87. The van der Waals surface area contributed by atoms with Gasteiger partial charge in [-0.2, -0.15) is 0 Å². The van der Waals surface area contributed by atoms with Crippen LogP contribution in [0.5, 0.6) is 11.5 Å². The number of nitrogens with one attached hydrogen (secondary N) is 1. The second-order valence-electron chi connectivity index (χ2n) is 6.05. The molecule has 20 heavy (non-hydrogen) atoms. The van der Waals surface area contributed by atoms with E-state index in [0.717, 1.165) is 37.1 Å². The molecular weight excluding hydrogens is 252 g/mol. The molecular formula is C16H24N2O2. The maximum absolute atomic E-state index is 5.68. The summed E-state index contributed by atoms with van der Waals surface area (Å²) in [5.41, 5.74) is 1.24. The summed E-state index contributed by atoms with van der Waals surface area (Å²) in [6.07, 6.45) is 1.22. The van der Waals surface area contributed by atoms with Gasteiger partial charge in [0.25, 0.3) is 0 Å². The first kappa shape index (κ1) is 13.6. The van der Waals surface area contributed by atoms with E-state index in [9.17, 15) is 0 Å². The molecule has 1 N–H and O–H groups in total. The van der Waals surface area contributed by atoms with E-state index < -0.39 is 0 Å². The van der Waals surface area contributed by atoms with Gasteiger partial charge in [-0.3, -0.25) is 0 Å². The second-order valence-corrected chi connectivity index (χ2v) is 6.05. The lowest BCUT2D eigenvalue weighted by atomic mass is 10.0. The standard InChI is InChI=1S/C16H24N2O2/c1-12(2)9-13-11-18(6-5-17-13)14-3-4-15-16(10-14)20-8-7-19-15/h3-4,10,12-13,17H,5-9,11H2,1-2H3. The quantitative estimate of drug-likeness (QED) is 0.918. The highest BCUT2D eigenvalue weighted by molar-refractivity contribution is 5.57. The lowest BCUT2D eigenvalue weighted by Crippen LogP contribution is -2.51. The molecule has 2 heterocycles. The van der Waals surface area contributed by atoms with Gasteiger partial charge < -0.3 is 19.7 Å². The van der Waals surface area contributed by atoms with Crippen LogP contribution in [0.1, 0.15) is 20.3 Å². The van der Waals surface area contributed by atoms with Crippen LogP contribution in [0.2, 0.25) is 0 Å². The molecule has 0 amide bonds. The highest BCUT2D eigenvalue weighted by Crippen LogP contribution is 2.34. The van der Waals surface area contributed by atoms with Crippen LogP contribution in [0.25, 0.3) is 0 Å². The number of piperazine rings is 1. The average Bonchev–Trinajstić information content (AvgIpc) is 2.46. The molecule has 1 saturated heterocycles. The zero-order valence-electron chi connectivity index (χ0n) is 12.4. The molecule has 2 aliphatic heterocycles. The highest BCUT2D eigenvalue weighted by atomic mass is 16.6. The van der Waals surface area contributed by atoms with E-state index >= 15 is 0 Å². The van der Waals surface area contributed by atoms with Crippen molar-refractivity contribution < 1.29 is 9.47 Å². The number of hydrogen-bond acceptors (Lipinski definition) is 4. The van der Waals surface area contributed by atoms with Crippen LogP contribution >= 0.6 is 0 Å². The van der Waals surface area contributed by atoms with Gasteiger partial charge in [-0.25, -0.2) is 0 Å². The number of ether oxygens (including phenoxy) is 2. The van der Waals surface area contributed by atoms with Crippen molar-refractivity contribution in [2.24, 2.45) is 5.92 Å². The van der Waals surface area contributed by atoms with Crippen LogP contribution in [0.3, 0.4) is 0 Å². The van der Waals surface area contributed by atoms with Crippen molar-refractivity contribution in [2.75, 3.05) is 37.7 Å². The molecule has 1 aromatic carbocycles. The van der Waals surface area contributed by atoms with E-state index in [1.165, 1.54) is 12.1 Å². The van der Waals surface area contributed by atoms with Gasteiger partial charge in [0.1, 0.15) is 13.2 Å². The lowest BCUT2D eigenvalue weighted by molar-refractivity contribution is 0.171. The summed E-state index contributed by atoms with van der Waals surface area (Å²) < 4.78 is 11.3. The molecule has 1 fully saturated rings. The summed E-state index contributed by atoms with van der Waals surface area (Å²) in [5.74, 6) is 2.48. The molecule has 1 aromatic rings. The second kappa shape index (κ2) is 5.92. The Labute approximate surface area is 121 Å². The van der Waals surface area contributed by atoms with Crippen molar-refractivity contribution in [1.29, 1.82) is 0 Å². The molecule has 0 aromatic heterocycles. The first-order valence-electron chi connectivity index (χ1n) is 7.60. The SMILES string of the molecule is CC(C)CC1CN(c2ccc3c(c2)OCCO3)CCN1. The van der Waals surface area contributed by atoms with E-state index in [0.29, 0.717) is 19.3 Å². The Morgan fingerprint density at radius 1 is 1.25 bits per heavy atom. The van der Waals surface area contributed by atoms with Crippen LogP contribution in [0.15, 0.2) is 18.2 Å². The van der Waals surface area contributed by atoms with Gasteiger partial charge in [0, 0.05) is 37.4 Å². The van der Waals surface area contributed by atoms with Crippen molar-refractivity contribution in [3.8, 4) is 11.5 Å². The zero-order chi connectivity index (χ0) is 13.9. The van der Waals surface area contributed by atoms with Crippen LogP contribution < -0.4 is 19.7 Å². The average molecular weight is 276 g/mol. The fourth-order valence-electron chi connectivity index (χ4n) is 3.02.